The maximum Gasteiger partial charge on any atom is 0.326 e. The van der Waals surface area contributed by atoms with E-state index in [1.165, 1.54) is 19.4 Å². The number of carbonyl (C=O) groups excluding carboxylic acids is 5. The van der Waals surface area contributed by atoms with Crippen LogP contribution in [0.3, 0.4) is 0 Å². The predicted molar refractivity (Wildman–Crippen MR) is 107 cm³/mol. The van der Waals surface area contributed by atoms with Crippen LogP contribution in [0.15, 0.2) is 12.5 Å². The van der Waals surface area contributed by atoms with Gasteiger partial charge in [-0.05, 0) is 6.92 Å². The van der Waals surface area contributed by atoms with Crippen LogP contribution in [0.5, 0.6) is 0 Å². The van der Waals surface area contributed by atoms with Gasteiger partial charge in [0.25, 0.3) is 0 Å². The van der Waals surface area contributed by atoms with Crippen LogP contribution < -0.4 is 33.2 Å². The Morgan fingerprint density at radius 3 is 2.03 bits per heavy atom. The summed E-state index contributed by atoms with van der Waals surface area (Å²) >= 11 is 0. The number of aromatic nitrogens is 2. The molecule has 0 aliphatic carbocycles. The van der Waals surface area contributed by atoms with E-state index in [0.29, 0.717) is 5.69 Å². The largest absolute Gasteiger partial charge is 0.480 e. The Labute approximate surface area is 181 Å². The molecule has 1 heterocycles. The van der Waals surface area contributed by atoms with Crippen molar-refractivity contribution in [2.45, 2.75) is 50.4 Å². The van der Waals surface area contributed by atoms with Crippen molar-refractivity contribution >= 4 is 35.5 Å². The summed E-state index contributed by atoms with van der Waals surface area (Å²) in [7, 11) is 0. The highest BCUT2D eigenvalue weighted by Gasteiger charge is 2.29. The SMILES string of the molecule is CC(NC(=O)C(CC(N)=O)NC(=O)C(N)Cc1cnc[nH]1)C(=O)NC(CC(N)=O)C(=O)O. The van der Waals surface area contributed by atoms with Crippen LogP contribution in [0.1, 0.15) is 25.5 Å². The van der Waals surface area contributed by atoms with E-state index in [0.717, 1.165) is 0 Å². The van der Waals surface area contributed by atoms with Gasteiger partial charge in [0.15, 0.2) is 0 Å². The molecule has 0 aliphatic rings. The summed E-state index contributed by atoms with van der Waals surface area (Å²) < 4.78 is 0. The molecule has 0 aromatic carbocycles. The van der Waals surface area contributed by atoms with Crippen molar-refractivity contribution < 1.29 is 33.9 Å². The first kappa shape index (κ1) is 26.0. The fourth-order valence-electron chi connectivity index (χ4n) is 2.49. The third kappa shape index (κ3) is 8.78. The molecule has 32 heavy (non-hydrogen) atoms. The maximum absolute atomic E-state index is 12.5. The van der Waals surface area contributed by atoms with Gasteiger partial charge in [0.05, 0.1) is 25.2 Å². The van der Waals surface area contributed by atoms with Crippen molar-refractivity contribution in [1.29, 1.82) is 0 Å². The molecule has 4 unspecified atom stereocenters. The molecule has 1 rings (SSSR count). The van der Waals surface area contributed by atoms with E-state index in [4.69, 9.17) is 22.3 Å². The molecule has 11 N–H and O–H groups in total. The van der Waals surface area contributed by atoms with Crippen LogP contribution >= 0.6 is 0 Å². The van der Waals surface area contributed by atoms with Crippen LogP contribution in [0.4, 0.5) is 0 Å². The summed E-state index contributed by atoms with van der Waals surface area (Å²) in [4.78, 5) is 76.9. The van der Waals surface area contributed by atoms with Gasteiger partial charge < -0.3 is 43.2 Å². The lowest BCUT2D eigenvalue weighted by Gasteiger charge is -2.22. The molecule has 4 atom stereocenters. The molecular weight excluding hydrogens is 428 g/mol. The van der Waals surface area contributed by atoms with Crippen molar-refractivity contribution in [3.8, 4) is 0 Å². The van der Waals surface area contributed by atoms with E-state index in [9.17, 15) is 28.8 Å². The Hall–Kier alpha value is -4.01. The number of carbonyl (C=O) groups is 6. The maximum atomic E-state index is 12.5. The Morgan fingerprint density at radius 1 is 0.969 bits per heavy atom. The lowest BCUT2D eigenvalue weighted by atomic mass is 10.1. The average molecular weight is 454 g/mol. The molecule has 176 valence electrons. The minimum absolute atomic E-state index is 0.0754. The second-order valence-electron chi connectivity index (χ2n) is 6.92. The number of aliphatic carboxylic acids is 1. The van der Waals surface area contributed by atoms with Gasteiger partial charge in [-0.3, -0.25) is 24.0 Å². The summed E-state index contributed by atoms with van der Waals surface area (Å²) in [6, 6.07) is -5.41. The smallest absolute Gasteiger partial charge is 0.326 e. The molecule has 0 bridgehead atoms. The zero-order valence-corrected chi connectivity index (χ0v) is 17.2. The highest BCUT2D eigenvalue weighted by atomic mass is 16.4. The number of nitrogens with zero attached hydrogens (tertiary/aromatic N) is 1. The van der Waals surface area contributed by atoms with Gasteiger partial charge >= 0.3 is 5.97 Å². The topological polar surface area (TPSA) is 265 Å². The van der Waals surface area contributed by atoms with Crippen LogP contribution in [0, 0.1) is 0 Å². The van der Waals surface area contributed by atoms with Gasteiger partial charge in [-0.25, -0.2) is 9.78 Å². The number of rotatable bonds is 13. The number of nitrogens with one attached hydrogen (secondary N) is 4. The standard InChI is InChI=1S/C17H26N8O7/c1-7(14(28)25-11(17(31)32)4-13(20)27)23-16(30)10(3-12(19)26)24-15(29)9(18)2-8-5-21-6-22-8/h5-7,9-11H,2-4,18H2,1H3,(H2,19,26)(H2,20,27)(H,21,22)(H,23,30)(H,24,29)(H,25,28)(H,31,32). The first-order valence-electron chi connectivity index (χ1n) is 9.34. The number of amides is 5. The van der Waals surface area contributed by atoms with Crippen molar-refractivity contribution in [2.24, 2.45) is 17.2 Å². The van der Waals surface area contributed by atoms with E-state index >= 15 is 0 Å². The Kier molecular flexibility index (Phi) is 9.75. The van der Waals surface area contributed by atoms with Gasteiger partial charge in [0.1, 0.15) is 18.1 Å². The normalized spacial score (nSPS) is 14.3. The molecule has 5 amide bonds. The minimum Gasteiger partial charge on any atom is -0.480 e. The number of nitrogens with two attached hydrogens (primary N) is 3. The van der Waals surface area contributed by atoms with Crippen molar-refractivity contribution in [1.82, 2.24) is 25.9 Å². The predicted octanol–water partition coefficient (Wildman–Crippen LogP) is -4.41. The highest BCUT2D eigenvalue weighted by molar-refractivity contribution is 5.96. The fourth-order valence-corrected chi connectivity index (χ4v) is 2.49. The number of aromatic amines is 1. The van der Waals surface area contributed by atoms with E-state index in [1.807, 2.05) is 0 Å². The van der Waals surface area contributed by atoms with E-state index < -0.39 is 72.5 Å². The molecule has 0 aliphatic heterocycles. The molecule has 1 aromatic rings. The monoisotopic (exact) mass is 454 g/mol. The molecule has 15 nitrogen and oxygen atoms in total. The quantitative estimate of drug-likeness (QED) is 0.143. The van der Waals surface area contributed by atoms with Gasteiger partial charge in [-0.2, -0.15) is 0 Å². The highest BCUT2D eigenvalue weighted by Crippen LogP contribution is 2.00. The Balaban J connectivity index is 2.76. The second-order valence-corrected chi connectivity index (χ2v) is 6.92. The lowest BCUT2D eigenvalue weighted by molar-refractivity contribution is -0.143. The minimum atomic E-state index is -1.60. The summed E-state index contributed by atoms with van der Waals surface area (Å²) in [6.07, 6.45) is 1.70. The molecule has 0 spiro atoms. The summed E-state index contributed by atoms with van der Waals surface area (Å²) in [5.41, 5.74) is 16.4. The summed E-state index contributed by atoms with van der Waals surface area (Å²) in [5.74, 6) is -5.99. The molecular formula is C17H26N8O7. The number of H-pyrrole nitrogens is 1. The molecule has 0 saturated heterocycles. The van der Waals surface area contributed by atoms with Gasteiger partial charge in [-0.1, -0.05) is 0 Å². The van der Waals surface area contributed by atoms with Crippen molar-refractivity contribution in [3.63, 3.8) is 0 Å². The fraction of sp³-hybridized carbons (Fsp3) is 0.471. The zero-order valence-electron chi connectivity index (χ0n) is 17.2. The second kappa shape index (κ2) is 12.0. The summed E-state index contributed by atoms with van der Waals surface area (Å²) in [5, 5.41) is 15.6. The van der Waals surface area contributed by atoms with Crippen molar-refractivity contribution in [2.75, 3.05) is 0 Å². The Bertz CT molecular complexity index is 857. The number of carboxylic acids is 1. The number of carboxylic acid groups (broad SMARTS) is 1. The van der Waals surface area contributed by atoms with E-state index in [2.05, 4.69) is 25.9 Å². The molecule has 1 aromatic heterocycles. The van der Waals surface area contributed by atoms with Crippen LogP contribution in [-0.4, -0.2) is 74.7 Å². The lowest BCUT2D eigenvalue weighted by Crippen LogP contribution is -2.57. The third-order valence-corrected chi connectivity index (χ3v) is 4.14. The summed E-state index contributed by atoms with van der Waals surface area (Å²) in [6.45, 7) is 1.23. The van der Waals surface area contributed by atoms with Crippen LogP contribution in [0.2, 0.25) is 0 Å². The molecule has 0 radical (unpaired) electrons. The number of hydrogen-bond acceptors (Lipinski definition) is 8. The van der Waals surface area contributed by atoms with Crippen LogP contribution in [-0.2, 0) is 35.2 Å². The third-order valence-electron chi connectivity index (χ3n) is 4.14. The van der Waals surface area contributed by atoms with Gasteiger partial charge in [-0.15, -0.1) is 0 Å². The average Bonchev–Trinajstić information content (AvgIpc) is 3.18. The van der Waals surface area contributed by atoms with Gasteiger partial charge in [0.2, 0.25) is 29.5 Å². The number of hydrogen-bond donors (Lipinski definition) is 8. The van der Waals surface area contributed by atoms with Crippen LogP contribution in [0.25, 0.3) is 0 Å². The number of imidazole rings is 1. The molecule has 0 saturated carbocycles. The van der Waals surface area contributed by atoms with Crippen molar-refractivity contribution in [3.05, 3.63) is 18.2 Å². The molecule has 15 heteroatoms. The van der Waals surface area contributed by atoms with Gasteiger partial charge in [0, 0.05) is 18.3 Å². The first-order valence-corrected chi connectivity index (χ1v) is 9.34. The van der Waals surface area contributed by atoms with E-state index in [-0.39, 0.29) is 6.42 Å². The molecule has 0 fully saturated rings. The zero-order chi connectivity index (χ0) is 24.4. The number of primary amides is 2. The van der Waals surface area contributed by atoms with E-state index in [1.54, 1.807) is 0 Å². The first-order chi connectivity index (χ1) is 14.9. The Morgan fingerprint density at radius 2 is 1.53 bits per heavy atom.